The quantitative estimate of drug-likeness (QED) is 0.0831. The molecule has 0 saturated heterocycles. The summed E-state index contributed by atoms with van der Waals surface area (Å²) in [5.74, 6) is 0. The highest BCUT2D eigenvalue weighted by Crippen LogP contribution is 2.13. The van der Waals surface area contributed by atoms with Gasteiger partial charge in [0.05, 0.1) is 0 Å². The molecule has 2 heterocycles. The number of halogens is 1. The minimum absolute atomic E-state index is 0. The summed E-state index contributed by atoms with van der Waals surface area (Å²) in [6.45, 7) is 1.53. The monoisotopic (exact) mass is 636 g/mol. The molecule has 1 N–H and O–H groups in total. The topological polar surface area (TPSA) is 37.0 Å². The van der Waals surface area contributed by atoms with Crippen LogP contribution in [0.4, 0.5) is 0 Å². The largest absolute Gasteiger partial charge is 1.00 e. The lowest BCUT2D eigenvalue weighted by molar-refractivity contribution is -0.697. The second-order valence-electron chi connectivity index (χ2n) is 11.1. The SMILES string of the molecule is OCCCCCCCCCCCCc1ccc[n+](CCCCCCCCCCCCc2cccnc2)c1.[I-]. The van der Waals surface area contributed by atoms with Gasteiger partial charge >= 0.3 is 0 Å². The molecule has 2 aromatic rings. The first-order valence-corrected chi connectivity index (χ1v) is 15.9. The number of pyridine rings is 2. The Morgan fingerprint density at radius 1 is 0.553 bits per heavy atom. The molecule has 0 saturated carbocycles. The van der Waals surface area contributed by atoms with Crippen LogP contribution in [0.5, 0.6) is 0 Å². The van der Waals surface area contributed by atoms with Crippen LogP contribution in [0, 0.1) is 0 Å². The van der Waals surface area contributed by atoms with Crippen molar-refractivity contribution in [1.82, 2.24) is 4.98 Å². The van der Waals surface area contributed by atoms with E-state index in [1.165, 1.54) is 153 Å². The second kappa shape index (κ2) is 26.2. The molecular weight excluding hydrogens is 579 g/mol. The maximum Gasteiger partial charge on any atom is 0.171 e. The smallest absolute Gasteiger partial charge is 0.171 e. The van der Waals surface area contributed by atoms with E-state index in [4.69, 9.17) is 5.11 Å². The summed E-state index contributed by atoms with van der Waals surface area (Å²) in [6.07, 6.45) is 37.7. The lowest BCUT2D eigenvalue weighted by Crippen LogP contribution is -3.00. The summed E-state index contributed by atoms with van der Waals surface area (Å²) in [7, 11) is 0. The Morgan fingerprint density at radius 2 is 1.03 bits per heavy atom. The van der Waals surface area contributed by atoms with Gasteiger partial charge < -0.3 is 29.1 Å². The maximum absolute atomic E-state index is 8.81. The van der Waals surface area contributed by atoms with E-state index in [-0.39, 0.29) is 24.0 Å². The third kappa shape index (κ3) is 20.0. The van der Waals surface area contributed by atoms with Crippen molar-refractivity contribution in [3.05, 3.63) is 60.2 Å². The molecular formula is C34H57IN2O. The molecule has 0 aliphatic rings. The highest BCUT2D eigenvalue weighted by molar-refractivity contribution is 5.08. The molecule has 0 atom stereocenters. The van der Waals surface area contributed by atoms with Gasteiger partial charge in [-0.25, -0.2) is 4.57 Å². The lowest BCUT2D eigenvalue weighted by atomic mass is 10.0. The molecule has 38 heavy (non-hydrogen) atoms. The van der Waals surface area contributed by atoms with Gasteiger partial charge in [0.1, 0.15) is 6.54 Å². The van der Waals surface area contributed by atoms with Crippen molar-refractivity contribution in [2.75, 3.05) is 6.61 Å². The molecule has 0 amide bonds. The molecule has 2 rings (SSSR count). The fourth-order valence-corrected chi connectivity index (χ4v) is 5.30. The molecule has 0 fully saturated rings. The van der Waals surface area contributed by atoms with Gasteiger partial charge in [-0.3, -0.25) is 4.98 Å². The number of nitrogens with zero attached hydrogens (tertiary/aromatic N) is 2. The Morgan fingerprint density at radius 3 is 1.55 bits per heavy atom. The van der Waals surface area contributed by atoms with E-state index in [9.17, 15) is 0 Å². The Kier molecular flexibility index (Phi) is 24.2. The summed E-state index contributed by atoms with van der Waals surface area (Å²) < 4.78 is 2.41. The predicted molar refractivity (Wildman–Crippen MR) is 158 cm³/mol. The van der Waals surface area contributed by atoms with Gasteiger partial charge in [0.25, 0.3) is 0 Å². The number of rotatable bonds is 25. The van der Waals surface area contributed by atoms with E-state index in [2.05, 4.69) is 40.1 Å². The molecule has 2 aromatic heterocycles. The van der Waals surface area contributed by atoms with Gasteiger partial charge in [-0.15, -0.1) is 0 Å². The fraction of sp³-hybridized carbons (Fsp3) is 0.706. The van der Waals surface area contributed by atoms with E-state index < -0.39 is 0 Å². The standard InChI is InChI=1S/C34H57N2O.HI/c37-30-20-16-12-8-4-2-6-10-14-18-24-34-26-22-29-36(32-34)28-19-15-11-7-3-1-5-9-13-17-23-33-25-21-27-35-31-33;/h21-22,25-27,29,31-32,37H,1-20,23-24,28,30H2;1H/q+1;/p-1. The summed E-state index contributed by atoms with van der Waals surface area (Å²) in [5.41, 5.74) is 2.89. The highest BCUT2D eigenvalue weighted by Gasteiger charge is 2.03. The van der Waals surface area contributed by atoms with Gasteiger partial charge in [-0.2, -0.15) is 0 Å². The molecule has 0 aromatic carbocycles. The maximum atomic E-state index is 8.81. The van der Waals surface area contributed by atoms with Crippen LogP contribution < -0.4 is 28.5 Å². The minimum Gasteiger partial charge on any atom is -1.00 e. The van der Waals surface area contributed by atoms with Crippen LogP contribution in [0.3, 0.4) is 0 Å². The van der Waals surface area contributed by atoms with Crippen molar-refractivity contribution in [2.24, 2.45) is 0 Å². The first-order valence-electron chi connectivity index (χ1n) is 15.9. The fourth-order valence-electron chi connectivity index (χ4n) is 5.30. The van der Waals surface area contributed by atoms with Crippen LogP contribution in [0.1, 0.15) is 140 Å². The number of aromatic nitrogens is 2. The van der Waals surface area contributed by atoms with E-state index in [1.807, 2.05) is 18.5 Å². The van der Waals surface area contributed by atoms with Crippen LogP contribution in [0.25, 0.3) is 0 Å². The Hall–Kier alpha value is -1.01. The summed E-state index contributed by atoms with van der Waals surface area (Å²) in [4.78, 5) is 4.20. The normalized spacial score (nSPS) is 11.0. The van der Waals surface area contributed by atoms with E-state index >= 15 is 0 Å². The van der Waals surface area contributed by atoms with E-state index in [0.717, 1.165) is 6.42 Å². The number of hydrogen-bond acceptors (Lipinski definition) is 2. The second-order valence-corrected chi connectivity index (χ2v) is 11.1. The van der Waals surface area contributed by atoms with Gasteiger partial charge in [0.15, 0.2) is 12.4 Å². The number of aliphatic hydroxyl groups excluding tert-OH is 1. The molecule has 0 unspecified atom stereocenters. The minimum atomic E-state index is 0. The third-order valence-corrected chi connectivity index (χ3v) is 7.65. The number of aliphatic hydroxyl groups is 1. The lowest BCUT2D eigenvalue weighted by Gasteiger charge is -2.04. The zero-order valence-corrected chi connectivity index (χ0v) is 26.5. The molecule has 0 radical (unpaired) electrons. The number of unbranched alkanes of at least 4 members (excludes halogenated alkanes) is 18. The van der Waals surface area contributed by atoms with Crippen molar-refractivity contribution in [2.45, 2.75) is 148 Å². The first kappa shape index (κ1) is 35.0. The van der Waals surface area contributed by atoms with Crippen molar-refractivity contribution in [3.8, 4) is 0 Å². The molecule has 3 nitrogen and oxygen atoms in total. The predicted octanol–water partition coefficient (Wildman–Crippen LogP) is 5.95. The van der Waals surface area contributed by atoms with Crippen LogP contribution in [-0.2, 0) is 19.4 Å². The molecule has 0 aliphatic heterocycles. The number of hydrogen-bond donors (Lipinski definition) is 1. The Bertz CT molecular complexity index is 755. The van der Waals surface area contributed by atoms with Crippen molar-refractivity contribution in [1.29, 1.82) is 0 Å². The third-order valence-electron chi connectivity index (χ3n) is 7.65. The molecule has 0 bridgehead atoms. The van der Waals surface area contributed by atoms with Crippen LogP contribution in [0.2, 0.25) is 0 Å². The molecule has 216 valence electrons. The van der Waals surface area contributed by atoms with Crippen LogP contribution in [0.15, 0.2) is 49.1 Å². The van der Waals surface area contributed by atoms with Gasteiger partial charge in [-0.05, 0) is 56.2 Å². The Balaban J connectivity index is 0.00000722. The van der Waals surface area contributed by atoms with E-state index in [1.54, 1.807) is 0 Å². The van der Waals surface area contributed by atoms with E-state index in [0.29, 0.717) is 6.61 Å². The van der Waals surface area contributed by atoms with Crippen LogP contribution in [-0.4, -0.2) is 16.7 Å². The van der Waals surface area contributed by atoms with Crippen LogP contribution >= 0.6 is 0 Å². The Labute approximate surface area is 252 Å². The zero-order valence-electron chi connectivity index (χ0n) is 24.3. The van der Waals surface area contributed by atoms with Gasteiger partial charge in [0.2, 0.25) is 0 Å². The average Bonchev–Trinajstić information content (AvgIpc) is 2.93. The average molecular weight is 637 g/mol. The first-order chi connectivity index (χ1) is 18.4. The highest BCUT2D eigenvalue weighted by atomic mass is 127. The summed E-state index contributed by atoms with van der Waals surface area (Å²) in [5, 5.41) is 8.81. The molecule has 0 aliphatic carbocycles. The van der Waals surface area contributed by atoms with Gasteiger partial charge in [-0.1, -0.05) is 102 Å². The van der Waals surface area contributed by atoms with Gasteiger partial charge in [0, 0.05) is 37.1 Å². The summed E-state index contributed by atoms with van der Waals surface area (Å²) in [6, 6.07) is 8.78. The molecule has 4 heteroatoms. The summed E-state index contributed by atoms with van der Waals surface area (Å²) >= 11 is 0. The van der Waals surface area contributed by atoms with Crippen molar-refractivity contribution in [3.63, 3.8) is 0 Å². The van der Waals surface area contributed by atoms with Crippen molar-refractivity contribution < 1.29 is 33.7 Å². The van der Waals surface area contributed by atoms with Crippen molar-refractivity contribution >= 4 is 0 Å². The molecule has 0 spiro atoms. The zero-order chi connectivity index (χ0) is 26.1. The number of aryl methyl sites for hydroxylation is 3.